The Morgan fingerprint density at radius 1 is 0.812 bits per heavy atom. The summed E-state index contributed by atoms with van der Waals surface area (Å²) in [4.78, 5) is 11.9. The molecule has 1 unspecified atom stereocenters. The fraction of sp³-hybridized carbons (Fsp3) is 0.500. The second-order valence-electron chi connectivity index (χ2n) is 9.67. The van der Waals surface area contributed by atoms with Crippen molar-refractivity contribution in [1.29, 1.82) is 0 Å². The van der Waals surface area contributed by atoms with Gasteiger partial charge >= 0.3 is 5.97 Å². The summed E-state index contributed by atoms with van der Waals surface area (Å²) in [6.07, 6.45) is 13.1. The normalized spacial score (nSPS) is 23.4. The molecule has 2 aromatic rings. The van der Waals surface area contributed by atoms with Gasteiger partial charge in [0.15, 0.2) is 0 Å². The molecule has 0 heterocycles. The standard InChI is InChI=1S/C30H38O2/c1-3-5-22-6-8-23(9-7-22)24-10-12-25(13-11-24)26-14-16-27(17-15-26)28-18-20-29(21-19-28)30(31)32-4-2/h10-17,20,22-23,28H,3-9,18-19,21H2,1-2H3. The monoisotopic (exact) mass is 430 g/mol. The van der Waals surface area contributed by atoms with Crippen LogP contribution in [0.3, 0.4) is 0 Å². The van der Waals surface area contributed by atoms with Crippen LogP contribution in [0.4, 0.5) is 0 Å². The van der Waals surface area contributed by atoms with E-state index in [-0.39, 0.29) is 5.97 Å². The lowest BCUT2D eigenvalue weighted by molar-refractivity contribution is -0.138. The SMILES string of the molecule is CCCC1CCC(c2ccc(-c3ccc(C4CC=C(C(=O)OCC)CC4)cc3)cc2)CC1. The van der Waals surface area contributed by atoms with Crippen LogP contribution < -0.4 is 0 Å². The summed E-state index contributed by atoms with van der Waals surface area (Å²) < 4.78 is 5.14. The number of carbonyl (C=O) groups is 1. The van der Waals surface area contributed by atoms with Crippen LogP contribution in [0.15, 0.2) is 60.2 Å². The van der Waals surface area contributed by atoms with Crippen molar-refractivity contribution in [3.63, 3.8) is 0 Å². The quantitative estimate of drug-likeness (QED) is 0.414. The number of esters is 1. The number of allylic oxidation sites excluding steroid dienone is 1. The Bertz CT molecular complexity index is 899. The molecule has 2 heteroatoms. The third-order valence-electron chi connectivity index (χ3n) is 7.59. The maximum absolute atomic E-state index is 11.9. The van der Waals surface area contributed by atoms with Crippen molar-refractivity contribution in [2.75, 3.05) is 6.61 Å². The average Bonchev–Trinajstić information content (AvgIpc) is 2.85. The van der Waals surface area contributed by atoms with Gasteiger partial charge in [-0.2, -0.15) is 0 Å². The maximum atomic E-state index is 11.9. The largest absolute Gasteiger partial charge is 0.463 e. The summed E-state index contributed by atoms with van der Waals surface area (Å²) in [5, 5.41) is 0. The minimum absolute atomic E-state index is 0.140. The molecule has 0 aromatic heterocycles. The van der Waals surface area contributed by atoms with Crippen LogP contribution in [0.5, 0.6) is 0 Å². The summed E-state index contributed by atoms with van der Waals surface area (Å²) in [5.41, 5.74) is 6.32. The first kappa shape index (κ1) is 22.8. The average molecular weight is 431 g/mol. The Hall–Kier alpha value is -2.35. The maximum Gasteiger partial charge on any atom is 0.333 e. The van der Waals surface area contributed by atoms with Crippen LogP contribution >= 0.6 is 0 Å². The van der Waals surface area contributed by atoms with E-state index >= 15 is 0 Å². The van der Waals surface area contributed by atoms with Gasteiger partial charge < -0.3 is 4.74 Å². The zero-order chi connectivity index (χ0) is 22.3. The summed E-state index contributed by atoms with van der Waals surface area (Å²) in [6.45, 7) is 4.62. The summed E-state index contributed by atoms with van der Waals surface area (Å²) in [6, 6.07) is 18.4. The molecular formula is C30H38O2. The zero-order valence-corrected chi connectivity index (χ0v) is 19.8. The lowest BCUT2D eigenvalue weighted by atomic mass is 9.77. The van der Waals surface area contributed by atoms with Crippen LogP contribution in [0, 0.1) is 5.92 Å². The third-order valence-corrected chi connectivity index (χ3v) is 7.59. The molecule has 2 aliphatic rings. The van der Waals surface area contributed by atoms with Gasteiger partial charge in [0, 0.05) is 5.57 Å². The number of rotatable bonds is 7. The fourth-order valence-corrected chi connectivity index (χ4v) is 5.63. The highest BCUT2D eigenvalue weighted by molar-refractivity contribution is 5.88. The Kier molecular flexibility index (Phi) is 7.84. The predicted molar refractivity (Wildman–Crippen MR) is 133 cm³/mol. The van der Waals surface area contributed by atoms with Crippen molar-refractivity contribution in [2.45, 2.75) is 83.5 Å². The van der Waals surface area contributed by atoms with Crippen molar-refractivity contribution in [2.24, 2.45) is 5.92 Å². The van der Waals surface area contributed by atoms with Gasteiger partial charge in [-0.3, -0.25) is 0 Å². The Labute approximate surface area is 194 Å². The second-order valence-corrected chi connectivity index (χ2v) is 9.67. The van der Waals surface area contributed by atoms with Crippen molar-refractivity contribution in [3.8, 4) is 11.1 Å². The molecule has 32 heavy (non-hydrogen) atoms. The number of ether oxygens (including phenoxy) is 1. The van der Waals surface area contributed by atoms with E-state index < -0.39 is 0 Å². The first-order chi connectivity index (χ1) is 15.7. The molecule has 4 rings (SSSR count). The highest BCUT2D eigenvalue weighted by Gasteiger charge is 2.22. The van der Waals surface area contributed by atoms with Gasteiger partial charge in [0.25, 0.3) is 0 Å². The van der Waals surface area contributed by atoms with Gasteiger partial charge in [0.1, 0.15) is 0 Å². The summed E-state index contributed by atoms with van der Waals surface area (Å²) in [7, 11) is 0. The molecule has 1 fully saturated rings. The molecule has 0 amide bonds. The van der Waals surface area contributed by atoms with Gasteiger partial charge in [-0.1, -0.05) is 74.4 Å². The second kappa shape index (κ2) is 11.0. The minimum atomic E-state index is -0.140. The van der Waals surface area contributed by atoms with E-state index in [0.717, 1.165) is 36.7 Å². The van der Waals surface area contributed by atoms with Crippen LogP contribution in [0.2, 0.25) is 0 Å². The molecule has 0 bridgehead atoms. The molecular weight excluding hydrogens is 392 g/mol. The lowest BCUT2D eigenvalue weighted by Crippen LogP contribution is -2.13. The van der Waals surface area contributed by atoms with E-state index in [4.69, 9.17) is 4.74 Å². The van der Waals surface area contributed by atoms with E-state index in [2.05, 4.69) is 61.5 Å². The van der Waals surface area contributed by atoms with Crippen molar-refractivity contribution in [3.05, 3.63) is 71.3 Å². The number of carbonyl (C=O) groups excluding carboxylic acids is 1. The Morgan fingerprint density at radius 3 is 1.91 bits per heavy atom. The molecule has 2 aliphatic carbocycles. The van der Waals surface area contributed by atoms with E-state index in [1.54, 1.807) is 0 Å². The molecule has 1 atom stereocenters. The molecule has 0 aliphatic heterocycles. The summed E-state index contributed by atoms with van der Waals surface area (Å²) >= 11 is 0. The molecule has 170 valence electrons. The fourth-order valence-electron chi connectivity index (χ4n) is 5.63. The molecule has 1 saturated carbocycles. The van der Waals surface area contributed by atoms with Gasteiger partial charge in [-0.05, 0) is 91.9 Å². The molecule has 0 radical (unpaired) electrons. The zero-order valence-electron chi connectivity index (χ0n) is 19.8. The van der Waals surface area contributed by atoms with Crippen LogP contribution in [0.1, 0.15) is 94.6 Å². The van der Waals surface area contributed by atoms with Crippen LogP contribution in [-0.2, 0) is 9.53 Å². The van der Waals surface area contributed by atoms with E-state index in [0.29, 0.717) is 12.5 Å². The highest BCUT2D eigenvalue weighted by Crippen LogP contribution is 2.38. The van der Waals surface area contributed by atoms with Gasteiger partial charge in [0.2, 0.25) is 0 Å². The van der Waals surface area contributed by atoms with Gasteiger partial charge in [-0.15, -0.1) is 0 Å². The highest BCUT2D eigenvalue weighted by atomic mass is 16.5. The van der Waals surface area contributed by atoms with E-state index in [1.807, 2.05) is 6.92 Å². The first-order valence-electron chi connectivity index (χ1n) is 12.7. The topological polar surface area (TPSA) is 26.3 Å². The summed E-state index contributed by atoms with van der Waals surface area (Å²) in [5.74, 6) is 2.06. The van der Waals surface area contributed by atoms with Crippen LogP contribution in [-0.4, -0.2) is 12.6 Å². The molecule has 0 spiro atoms. The van der Waals surface area contributed by atoms with Gasteiger partial charge in [0.05, 0.1) is 6.61 Å². The van der Waals surface area contributed by atoms with E-state index in [9.17, 15) is 4.79 Å². The van der Waals surface area contributed by atoms with Gasteiger partial charge in [-0.25, -0.2) is 4.79 Å². The predicted octanol–water partition coefficient (Wildman–Crippen LogP) is 8.18. The molecule has 0 saturated heterocycles. The minimum Gasteiger partial charge on any atom is -0.463 e. The lowest BCUT2D eigenvalue weighted by Gasteiger charge is -2.28. The number of benzene rings is 2. The number of hydrogen-bond donors (Lipinski definition) is 0. The van der Waals surface area contributed by atoms with Crippen molar-refractivity contribution >= 4 is 5.97 Å². The van der Waals surface area contributed by atoms with Crippen LogP contribution in [0.25, 0.3) is 11.1 Å². The third kappa shape index (κ3) is 5.52. The number of hydrogen-bond acceptors (Lipinski definition) is 2. The molecule has 0 N–H and O–H groups in total. The first-order valence-corrected chi connectivity index (χ1v) is 12.7. The van der Waals surface area contributed by atoms with Crippen molar-refractivity contribution < 1.29 is 9.53 Å². The van der Waals surface area contributed by atoms with Crippen molar-refractivity contribution in [1.82, 2.24) is 0 Å². The smallest absolute Gasteiger partial charge is 0.333 e. The Morgan fingerprint density at radius 2 is 1.41 bits per heavy atom. The molecule has 2 aromatic carbocycles. The molecule has 2 nitrogen and oxygen atoms in total. The van der Waals surface area contributed by atoms with E-state index in [1.165, 1.54) is 60.8 Å². The Balaban J connectivity index is 1.35.